The summed E-state index contributed by atoms with van der Waals surface area (Å²) in [6, 6.07) is -0.785. The van der Waals surface area contributed by atoms with Crippen LogP contribution in [-0.2, 0) is 9.53 Å². The van der Waals surface area contributed by atoms with Crippen LogP contribution in [0.4, 0.5) is 0 Å². The first-order valence-electron chi connectivity index (χ1n) is 3.23. The van der Waals surface area contributed by atoms with Crippen LogP contribution in [0.3, 0.4) is 0 Å². The van der Waals surface area contributed by atoms with Crippen LogP contribution in [0.2, 0.25) is 0 Å². The van der Waals surface area contributed by atoms with Crippen LogP contribution >= 0.6 is 0 Å². The van der Waals surface area contributed by atoms with Crippen LogP contribution in [0.15, 0.2) is 0 Å². The number of ether oxygens (including phenoxy) is 1. The van der Waals surface area contributed by atoms with Gasteiger partial charge in [0.2, 0.25) is 0 Å². The summed E-state index contributed by atoms with van der Waals surface area (Å²) in [5.74, 6) is -1.03. The van der Waals surface area contributed by atoms with Gasteiger partial charge in [-0.25, -0.2) is 0 Å². The van der Waals surface area contributed by atoms with Crippen molar-refractivity contribution >= 4 is 5.97 Å². The van der Waals surface area contributed by atoms with Gasteiger partial charge >= 0.3 is 5.97 Å². The highest BCUT2D eigenvalue weighted by molar-refractivity contribution is 5.73. The van der Waals surface area contributed by atoms with Crippen LogP contribution in [-0.4, -0.2) is 29.8 Å². The van der Waals surface area contributed by atoms with E-state index in [0.29, 0.717) is 6.61 Å². The van der Waals surface area contributed by atoms with Gasteiger partial charge in [-0.3, -0.25) is 4.79 Å². The van der Waals surface area contributed by atoms with Crippen molar-refractivity contribution in [1.29, 1.82) is 0 Å². The predicted molar refractivity (Wildman–Crippen MR) is 34.5 cm³/mol. The molecule has 10 heavy (non-hydrogen) atoms. The molecule has 1 aliphatic rings. The second kappa shape index (κ2) is 2.56. The number of carboxylic acid groups (broad SMARTS) is 1. The lowest BCUT2D eigenvalue weighted by atomic mass is 10.00. The van der Waals surface area contributed by atoms with E-state index in [-0.39, 0.29) is 12.0 Å². The van der Waals surface area contributed by atoms with E-state index in [0.717, 1.165) is 0 Å². The fourth-order valence-electron chi connectivity index (χ4n) is 0.815. The number of carbonyl (C=O) groups is 1. The fraction of sp³-hybridized carbons (Fsp3) is 0.833. The number of hydrogen-bond acceptors (Lipinski definition) is 3. The van der Waals surface area contributed by atoms with Crippen LogP contribution < -0.4 is 5.73 Å². The minimum Gasteiger partial charge on any atom is -0.480 e. The van der Waals surface area contributed by atoms with Gasteiger partial charge in [-0.15, -0.1) is 0 Å². The van der Waals surface area contributed by atoms with E-state index in [1.165, 1.54) is 0 Å². The molecule has 1 aliphatic heterocycles. The molecule has 1 rings (SSSR count). The molecule has 0 saturated carbocycles. The Morgan fingerprint density at radius 1 is 1.90 bits per heavy atom. The number of hydrogen-bond donors (Lipinski definition) is 2. The van der Waals surface area contributed by atoms with Gasteiger partial charge in [-0.05, 0) is 0 Å². The highest BCUT2D eigenvalue weighted by atomic mass is 16.6. The lowest BCUT2D eigenvalue weighted by Crippen LogP contribution is -2.39. The molecule has 4 heteroatoms. The predicted octanol–water partition coefficient (Wildman–Crippen LogP) is -0.567. The minimum absolute atomic E-state index is 0.0718. The van der Waals surface area contributed by atoms with Crippen molar-refractivity contribution in [3.05, 3.63) is 0 Å². The Hall–Kier alpha value is -0.610. The monoisotopic (exact) mass is 145 g/mol. The smallest absolute Gasteiger partial charge is 0.320 e. The first-order chi connectivity index (χ1) is 4.63. The van der Waals surface area contributed by atoms with Gasteiger partial charge in [0.1, 0.15) is 6.04 Å². The van der Waals surface area contributed by atoms with Crippen molar-refractivity contribution in [1.82, 2.24) is 0 Å². The molecule has 0 aromatic heterocycles. The van der Waals surface area contributed by atoms with Crippen molar-refractivity contribution in [2.24, 2.45) is 11.7 Å². The molecule has 3 N–H and O–H groups in total. The third-order valence-electron chi connectivity index (χ3n) is 1.80. The molecule has 58 valence electrons. The highest BCUT2D eigenvalue weighted by Gasteiger charge is 2.36. The zero-order chi connectivity index (χ0) is 7.72. The SMILES string of the molecule is CC(C1CO1)C(N)C(=O)O. The van der Waals surface area contributed by atoms with Crippen molar-refractivity contribution in [3.8, 4) is 0 Å². The Morgan fingerprint density at radius 3 is 2.70 bits per heavy atom. The maximum Gasteiger partial charge on any atom is 0.320 e. The number of nitrogens with two attached hydrogens (primary N) is 1. The average Bonchev–Trinajstić information content (AvgIpc) is 2.65. The van der Waals surface area contributed by atoms with E-state index in [2.05, 4.69) is 0 Å². The Bertz CT molecular complexity index is 144. The molecule has 0 aliphatic carbocycles. The van der Waals surface area contributed by atoms with Gasteiger partial charge < -0.3 is 15.6 Å². The zero-order valence-electron chi connectivity index (χ0n) is 5.78. The lowest BCUT2D eigenvalue weighted by Gasteiger charge is -2.11. The summed E-state index contributed by atoms with van der Waals surface area (Å²) in [7, 11) is 0. The molecule has 0 radical (unpaired) electrons. The largest absolute Gasteiger partial charge is 0.480 e. The average molecular weight is 145 g/mol. The summed E-state index contributed by atoms with van der Waals surface area (Å²) in [6.45, 7) is 2.44. The summed E-state index contributed by atoms with van der Waals surface area (Å²) < 4.78 is 4.90. The van der Waals surface area contributed by atoms with Crippen molar-refractivity contribution in [3.63, 3.8) is 0 Å². The Kier molecular flexibility index (Phi) is 1.92. The first kappa shape index (κ1) is 7.50. The maximum atomic E-state index is 10.3. The van der Waals surface area contributed by atoms with Gasteiger partial charge in [-0.2, -0.15) is 0 Å². The summed E-state index contributed by atoms with van der Waals surface area (Å²) in [5.41, 5.74) is 5.32. The molecule has 1 heterocycles. The second-order valence-corrected chi connectivity index (χ2v) is 2.59. The van der Waals surface area contributed by atoms with Gasteiger partial charge in [0, 0.05) is 5.92 Å². The van der Waals surface area contributed by atoms with Crippen LogP contribution in [0.25, 0.3) is 0 Å². The summed E-state index contributed by atoms with van der Waals surface area (Å²) in [6.07, 6.45) is 0.0751. The highest BCUT2D eigenvalue weighted by Crippen LogP contribution is 2.21. The Balaban J connectivity index is 2.38. The molecule has 0 amide bonds. The van der Waals surface area contributed by atoms with Crippen molar-refractivity contribution < 1.29 is 14.6 Å². The quantitative estimate of drug-likeness (QED) is 0.521. The summed E-state index contributed by atoms with van der Waals surface area (Å²) in [4.78, 5) is 10.3. The summed E-state index contributed by atoms with van der Waals surface area (Å²) >= 11 is 0. The van der Waals surface area contributed by atoms with Gasteiger partial charge in [0.25, 0.3) is 0 Å². The fourth-order valence-corrected chi connectivity index (χ4v) is 0.815. The van der Waals surface area contributed by atoms with E-state index in [9.17, 15) is 4.79 Å². The molecule has 0 bridgehead atoms. The van der Waals surface area contributed by atoms with Crippen LogP contribution in [0.5, 0.6) is 0 Å². The van der Waals surface area contributed by atoms with E-state index in [1.54, 1.807) is 6.92 Å². The molecule has 0 aromatic carbocycles. The lowest BCUT2D eigenvalue weighted by molar-refractivity contribution is -0.139. The van der Waals surface area contributed by atoms with Gasteiger partial charge in [0.15, 0.2) is 0 Å². The molecule has 1 fully saturated rings. The normalized spacial score (nSPS) is 29.2. The molecule has 4 nitrogen and oxygen atoms in total. The first-order valence-corrected chi connectivity index (χ1v) is 3.23. The third-order valence-corrected chi connectivity index (χ3v) is 1.80. The molecule has 3 atom stereocenters. The second-order valence-electron chi connectivity index (χ2n) is 2.59. The topological polar surface area (TPSA) is 75.8 Å². The van der Waals surface area contributed by atoms with Gasteiger partial charge in [0.05, 0.1) is 12.7 Å². The maximum absolute atomic E-state index is 10.3. The molecule has 0 spiro atoms. The molecular weight excluding hydrogens is 134 g/mol. The van der Waals surface area contributed by atoms with Crippen LogP contribution in [0.1, 0.15) is 6.92 Å². The minimum atomic E-state index is -0.956. The van der Waals surface area contributed by atoms with Gasteiger partial charge in [-0.1, -0.05) is 6.92 Å². The zero-order valence-corrected chi connectivity index (χ0v) is 5.78. The number of epoxide rings is 1. The van der Waals surface area contributed by atoms with E-state index in [4.69, 9.17) is 15.6 Å². The standard InChI is InChI=1S/C6H11NO3/c1-3(4-2-10-4)5(7)6(8)9/h3-5H,2,7H2,1H3,(H,8,9). The number of rotatable bonds is 3. The molecule has 0 aromatic rings. The molecular formula is C6H11NO3. The van der Waals surface area contributed by atoms with E-state index < -0.39 is 12.0 Å². The molecule has 1 saturated heterocycles. The number of carboxylic acids is 1. The Morgan fingerprint density at radius 2 is 2.40 bits per heavy atom. The van der Waals surface area contributed by atoms with Crippen molar-refractivity contribution in [2.45, 2.75) is 19.1 Å². The Labute approximate surface area is 59.0 Å². The van der Waals surface area contributed by atoms with Crippen LogP contribution in [0, 0.1) is 5.92 Å². The van der Waals surface area contributed by atoms with E-state index >= 15 is 0 Å². The van der Waals surface area contributed by atoms with Crippen molar-refractivity contribution in [2.75, 3.05) is 6.61 Å². The van der Waals surface area contributed by atoms with E-state index in [1.807, 2.05) is 0 Å². The molecule has 3 unspecified atom stereocenters. The third kappa shape index (κ3) is 1.46. The number of aliphatic carboxylic acids is 1. The summed E-state index contributed by atoms with van der Waals surface area (Å²) in [5, 5.41) is 8.45.